The SMILES string of the molecule is CNC(=O)CC(NC(=O)OCc1ccccc1)C(=O)N(C[C]=O)c1ccccc1. The van der Waals surface area contributed by atoms with Gasteiger partial charge in [-0.2, -0.15) is 0 Å². The molecule has 8 heteroatoms. The van der Waals surface area contributed by atoms with Gasteiger partial charge >= 0.3 is 6.09 Å². The Labute approximate surface area is 168 Å². The van der Waals surface area contributed by atoms with Crippen molar-refractivity contribution in [1.29, 1.82) is 0 Å². The number of hydrogen-bond acceptors (Lipinski definition) is 5. The average Bonchev–Trinajstić information content (AvgIpc) is 2.76. The lowest BCUT2D eigenvalue weighted by atomic mass is 10.1. The van der Waals surface area contributed by atoms with Crippen LogP contribution in [-0.4, -0.2) is 43.8 Å². The molecule has 2 aromatic carbocycles. The standard InChI is InChI=1S/C21H22N3O5/c1-22-19(26)14-18(23-21(28)29-15-16-8-4-2-5-9-16)20(27)24(12-13-25)17-10-6-3-7-11-17/h2-11,18H,12,14-15H2,1H3,(H,22,26)(H,23,28). The maximum atomic E-state index is 13.0. The van der Waals surface area contributed by atoms with Crippen LogP contribution in [0.5, 0.6) is 0 Å². The van der Waals surface area contributed by atoms with Crippen LogP contribution in [0.4, 0.5) is 10.5 Å². The molecule has 1 radical (unpaired) electrons. The number of hydrogen-bond donors (Lipinski definition) is 2. The number of anilines is 1. The molecule has 29 heavy (non-hydrogen) atoms. The van der Waals surface area contributed by atoms with Gasteiger partial charge in [-0.25, -0.2) is 4.79 Å². The zero-order chi connectivity index (χ0) is 21.1. The van der Waals surface area contributed by atoms with Gasteiger partial charge in [0.1, 0.15) is 12.6 Å². The molecular weight excluding hydrogens is 374 g/mol. The van der Waals surface area contributed by atoms with Gasteiger partial charge in [0.05, 0.1) is 13.0 Å². The monoisotopic (exact) mass is 396 g/mol. The highest BCUT2D eigenvalue weighted by atomic mass is 16.5. The Morgan fingerprint density at radius 2 is 1.66 bits per heavy atom. The van der Waals surface area contributed by atoms with E-state index >= 15 is 0 Å². The highest BCUT2D eigenvalue weighted by Crippen LogP contribution is 2.15. The minimum atomic E-state index is -1.22. The van der Waals surface area contributed by atoms with Crippen molar-refractivity contribution in [2.75, 3.05) is 18.5 Å². The maximum absolute atomic E-state index is 13.0. The van der Waals surface area contributed by atoms with Crippen LogP contribution in [0, 0.1) is 0 Å². The third kappa shape index (κ3) is 6.76. The van der Waals surface area contributed by atoms with E-state index in [1.165, 1.54) is 7.05 Å². The molecular formula is C21H22N3O5. The second-order valence-electron chi connectivity index (χ2n) is 6.04. The number of carbonyl (C=O) groups is 3. The minimum absolute atomic E-state index is 0.0120. The van der Waals surface area contributed by atoms with E-state index in [4.69, 9.17) is 4.74 Å². The molecule has 0 bridgehead atoms. The molecule has 8 nitrogen and oxygen atoms in total. The van der Waals surface area contributed by atoms with Gasteiger partial charge in [0.25, 0.3) is 5.91 Å². The summed E-state index contributed by atoms with van der Waals surface area (Å²) in [5.74, 6) is -1.07. The summed E-state index contributed by atoms with van der Waals surface area (Å²) < 4.78 is 5.14. The first-order valence-electron chi connectivity index (χ1n) is 8.94. The molecule has 1 unspecified atom stereocenters. The van der Waals surface area contributed by atoms with Crippen molar-refractivity contribution >= 4 is 29.9 Å². The van der Waals surface area contributed by atoms with Gasteiger partial charge in [-0.3, -0.25) is 14.4 Å². The number of benzene rings is 2. The van der Waals surface area contributed by atoms with Crippen LogP contribution < -0.4 is 15.5 Å². The Morgan fingerprint density at radius 1 is 1.03 bits per heavy atom. The molecule has 3 amide bonds. The summed E-state index contributed by atoms with van der Waals surface area (Å²) in [6.45, 7) is -0.327. The largest absolute Gasteiger partial charge is 0.445 e. The fourth-order valence-electron chi connectivity index (χ4n) is 2.55. The molecule has 0 fully saturated rings. The second kappa shape index (κ2) is 11.2. The second-order valence-corrected chi connectivity index (χ2v) is 6.04. The Hall–Kier alpha value is -3.68. The number of alkyl carbamates (subject to hydrolysis) is 1. The number of carbonyl (C=O) groups excluding carboxylic acids is 4. The van der Waals surface area contributed by atoms with Gasteiger partial charge in [-0.15, -0.1) is 0 Å². The van der Waals surface area contributed by atoms with Gasteiger partial charge in [0.15, 0.2) is 0 Å². The van der Waals surface area contributed by atoms with Gasteiger partial charge < -0.3 is 20.3 Å². The molecule has 0 aliphatic carbocycles. The van der Waals surface area contributed by atoms with Gasteiger partial charge in [-0.1, -0.05) is 48.5 Å². The van der Waals surface area contributed by atoms with Crippen LogP contribution in [0.15, 0.2) is 60.7 Å². The van der Waals surface area contributed by atoms with E-state index in [2.05, 4.69) is 10.6 Å². The fraction of sp³-hybridized carbons (Fsp3) is 0.238. The molecule has 2 aromatic rings. The first kappa shape index (κ1) is 21.6. The third-order valence-electron chi connectivity index (χ3n) is 4.03. The van der Waals surface area contributed by atoms with E-state index in [0.29, 0.717) is 5.69 Å². The van der Waals surface area contributed by atoms with E-state index < -0.39 is 23.9 Å². The van der Waals surface area contributed by atoms with Crippen LogP contribution in [0.25, 0.3) is 0 Å². The normalized spacial score (nSPS) is 11.1. The quantitative estimate of drug-likeness (QED) is 0.669. The van der Waals surface area contributed by atoms with Crippen molar-refractivity contribution in [3.8, 4) is 0 Å². The Balaban J connectivity index is 2.12. The Bertz CT molecular complexity index is 827. The highest BCUT2D eigenvalue weighted by Gasteiger charge is 2.29. The van der Waals surface area contributed by atoms with Crippen LogP contribution in [0.2, 0.25) is 0 Å². The van der Waals surface area contributed by atoms with Crippen molar-refractivity contribution in [3.63, 3.8) is 0 Å². The summed E-state index contributed by atoms with van der Waals surface area (Å²) in [6.07, 6.45) is 0.524. The number of ether oxygens (including phenoxy) is 1. The lowest BCUT2D eigenvalue weighted by Gasteiger charge is -2.25. The summed E-state index contributed by atoms with van der Waals surface area (Å²) in [6, 6.07) is 16.3. The molecule has 0 saturated heterocycles. The minimum Gasteiger partial charge on any atom is -0.445 e. The Kier molecular flexibility index (Phi) is 8.37. The summed E-state index contributed by atoms with van der Waals surface area (Å²) in [4.78, 5) is 49.2. The first-order chi connectivity index (χ1) is 14.0. The molecule has 0 spiro atoms. The maximum Gasteiger partial charge on any atom is 0.408 e. The molecule has 1 atom stereocenters. The number of nitrogens with one attached hydrogen (secondary N) is 2. The van der Waals surface area contributed by atoms with Crippen molar-refractivity contribution in [3.05, 3.63) is 66.2 Å². The van der Waals surface area contributed by atoms with E-state index in [0.717, 1.165) is 10.5 Å². The van der Waals surface area contributed by atoms with Crippen LogP contribution in [0.1, 0.15) is 12.0 Å². The van der Waals surface area contributed by atoms with Gasteiger partial charge in [-0.05, 0) is 17.7 Å². The highest BCUT2D eigenvalue weighted by molar-refractivity contribution is 6.02. The van der Waals surface area contributed by atoms with Crippen LogP contribution >= 0.6 is 0 Å². The van der Waals surface area contributed by atoms with Gasteiger partial charge in [0.2, 0.25) is 12.2 Å². The van der Waals surface area contributed by atoms with Crippen LogP contribution in [-0.2, 0) is 25.7 Å². The molecule has 0 aliphatic heterocycles. The van der Waals surface area contributed by atoms with Crippen molar-refractivity contribution < 1.29 is 23.9 Å². The predicted molar refractivity (Wildman–Crippen MR) is 107 cm³/mol. The lowest BCUT2D eigenvalue weighted by molar-refractivity contribution is -0.126. The fourth-order valence-corrected chi connectivity index (χ4v) is 2.55. The lowest BCUT2D eigenvalue weighted by Crippen LogP contribution is -2.51. The summed E-state index contributed by atoms with van der Waals surface area (Å²) in [7, 11) is 1.42. The van der Waals surface area contributed by atoms with Crippen molar-refractivity contribution in [2.24, 2.45) is 0 Å². The zero-order valence-corrected chi connectivity index (χ0v) is 16.0. The molecule has 0 aromatic heterocycles. The summed E-state index contributed by atoms with van der Waals surface area (Å²) >= 11 is 0. The van der Waals surface area contributed by atoms with E-state index in [-0.39, 0.29) is 19.6 Å². The molecule has 0 saturated carbocycles. The zero-order valence-electron chi connectivity index (χ0n) is 16.0. The molecule has 0 aliphatic rings. The number of rotatable bonds is 9. The smallest absolute Gasteiger partial charge is 0.408 e. The Morgan fingerprint density at radius 3 is 2.24 bits per heavy atom. The topological polar surface area (TPSA) is 105 Å². The van der Waals surface area contributed by atoms with Crippen molar-refractivity contribution in [1.82, 2.24) is 10.6 Å². The van der Waals surface area contributed by atoms with Gasteiger partial charge in [0, 0.05) is 12.7 Å². The van der Waals surface area contributed by atoms with E-state index in [9.17, 15) is 19.2 Å². The van der Waals surface area contributed by atoms with Crippen LogP contribution in [0.3, 0.4) is 0 Å². The predicted octanol–water partition coefficient (Wildman–Crippen LogP) is 1.56. The third-order valence-corrected chi connectivity index (χ3v) is 4.03. The number of para-hydroxylation sites is 1. The summed E-state index contributed by atoms with van der Waals surface area (Å²) in [5.41, 5.74) is 1.22. The molecule has 2 rings (SSSR count). The first-order valence-corrected chi connectivity index (χ1v) is 8.94. The summed E-state index contributed by atoms with van der Waals surface area (Å²) in [5, 5.41) is 4.83. The van der Waals surface area contributed by atoms with Crippen molar-refractivity contribution in [2.45, 2.75) is 19.1 Å². The average molecular weight is 396 g/mol. The number of amides is 3. The molecule has 151 valence electrons. The van der Waals surface area contributed by atoms with E-state index in [1.807, 2.05) is 18.2 Å². The molecule has 0 heterocycles. The number of nitrogens with zero attached hydrogens (tertiary/aromatic N) is 1. The van der Waals surface area contributed by atoms with E-state index in [1.54, 1.807) is 48.8 Å². The molecule has 2 N–H and O–H groups in total.